The fraction of sp³-hybridized carbons (Fsp3) is 0.833. The Balaban J connectivity index is 0.889. The molecule has 1 aliphatic carbocycles. The van der Waals surface area contributed by atoms with Crippen molar-refractivity contribution in [1.82, 2.24) is 21.3 Å². The van der Waals surface area contributed by atoms with Crippen LogP contribution in [0, 0.1) is 11.8 Å². The SMILES string of the molecule is C=C[C@H]1[C@H](O)CC(=O)[C@@H]1C/C=C\CCCC(=O)NCCOCCOCCOCCOCCOCCOCCOCCOCCOCCOCCOCCNC(=O)CCCCC1SCC2NC(=O)N[C@@H]21. The molecule has 0 aromatic carbocycles. The van der Waals surface area contributed by atoms with Crippen molar-refractivity contribution < 1.29 is 76.4 Å². The average Bonchev–Trinajstić information content (AvgIpc) is 3.99. The molecular weight excluding hydrogens is 921 g/mol. The minimum absolute atomic E-state index is 0.0201. The van der Waals surface area contributed by atoms with E-state index in [2.05, 4.69) is 27.8 Å². The second-order valence-corrected chi connectivity index (χ2v) is 17.8. The maximum atomic E-state index is 12.1. The van der Waals surface area contributed by atoms with Crippen LogP contribution in [-0.2, 0) is 66.5 Å². The van der Waals surface area contributed by atoms with Gasteiger partial charge in [-0.15, -0.1) is 6.58 Å². The van der Waals surface area contributed by atoms with Crippen LogP contribution in [0.3, 0.4) is 0 Å². The van der Waals surface area contributed by atoms with Crippen LogP contribution < -0.4 is 21.3 Å². The Kier molecular flexibility index (Phi) is 36.7. The molecule has 2 aliphatic heterocycles. The highest BCUT2D eigenvalue weighted by Crippen LogP contribution is 2.34. The van der Waals surface area contributed by atoms with Crippen molar-refractivity contribution in [3.05, 3.63) is 24.8 Å². The first-order valence-corrected chi connectivity index (χ1v) is 26.0. The Bertz CT molecular complexity index is 1390. The summed E-state index contributed by atoms with van der Waals surface area (Å²) in [5, 5.41) is 22.1. The molecule has 5 N–H and O–H groups in total. The van der Waals surface area contributed by atoms with Gasteiger partial charge in [0.05, 0.1) is 164 Å². The summed E-state index contributed by atoms with van der Waals surface area (Å²) in [6.45, 7) is 14.8. The zero-order valence-corrected chi connectivity index (χ0v) is 41.7. The van der Waals surface area contributed by atoms with E-state index in [4.69, 9.17) is 52.1 Å². The van der Waals surface area contributed by atoms with E-state index < -0.39 is 6.10 Å². The molecule has 3 rings (SSSR count). The maximum Gasteiger partial charge on any atom is 0.315 e. The molecule has 21 heteroatoms. The van der Waals surface area contributed by atoms with Crippen LogP contribution in [-0.4, -0.2) is 216 Å². The summed E-state index contributed by atoms with van der Waals surface area (Å²) in [5.74, 6) is 0.680. The lowest BCUT2D eigenvalue weighted by Crippen LogP contribution is -2.36. The van der Waals surface area contributed by atoms with Gasteiger partial charge in [0.1, 0.15) is 5.78 Å². The fourth-order valence-corrected chi connectivity index (χ4v) is 9.15. The van der Waals surface area contributed by atoms with Gasteiger partial charge in [0.2, 0.25) is 11.8 Å². The number of amides is 4. The minimum atomic E-state index is -0.623. The van der Waals surface area contributed by atoms with Crippen LogP contribution in [0.1, 0.15) is 57.8 Å². The third-order valence-electron chi connectivity index (χ3n) is 11.3. The molecule has 2 heterocycles. The molecule has 0 spiro atoms. The number of carbonyl (C=O) groups excluding carboxylic acids is 4. The zero-order valence-electron chi connectivity index (χ0n) is 40.9. The molecule has 0 radical (unpaired) electrons. The highest BCUT2D eigenvalue weighted by molar-refractivity contribution is 8.00. The molecule has 3 aliphatic rings. The number of hydrogen-bond acceptors (Lipinski definition) is 17. The van der Waals surface area contributed by atoms with Crippen LogP contribution in [0.15, 0.2) is 24.8 Å². The molecule has 398 valence electrons. The molecular formula is C48H84N4O16S. The minimum Gasteiger partial charge on any atom is -0.392 e. The number of hydrogen-bond donors (Lipinski definition) is 5. The zero-order chi connectivity index (χ0) is 49.3. The van der Waals surface area contributed by atoms with Crippen LogP contribution in [0.4, 0.5) is 4.79 Å². The Morgan fingerprint density at radius 1 is 0.594 bits per heavy atom. The van der Waals surface area contributed by atoms with Gasteiger partial charge < -0.3 is 78.5 Å². The number of fused-ring (bicyclic) bond motifs is 1. The van der Waals surface area contributed by atoms with Crippen molar-refractivity contribution in [1.29, 1.82) is 0 Å². The first-order valence-electron chi connectivity index (χ1n) is 24.9. The van der Waals surface area contributed by atoms with E-state index >= 15 is 0 Å². The summed E-state index contributed by atoms with van der Waals surface area (Å²) in [4.78, 5) is 47.6. The van der Waals surface area contributed by atoms with Crippen LogP contribution in [0.5, 0.6) is 0 Å². The number of rotatable bonds is 48. The molecule has 2 unspecified atom stereocenters. The normalized spacial score (nSPS) is 20.9. The number of carbonyl (C=O) groups is 4. The average molecular weight is 1010 g/mol. The van der Waals surface area contributed by atoms with Crippen molar-refractivity contribution in [2.45, 2.75) is 81.2 Å². The molecule has 1 saturated carbocycles. The number of nitrogens with one attached hydrogen (secondary N) is 4. The van der Waals surface area contributed by atoms with Crippen LogP contribution in [0.25, 0.3) is 0 Å². The summed E-state index contributed by atoms with van der Waals surface area (Å²) in [5.41, 5.74) is 0. The number of aliphatic hydroxyl groups is 1. The van der Waals surface area contributed by atoms with Gasteiger partial charge >= 0.3 is 6.03 Å². The number of ether oxygens (including phenoxy) is 11. The molecule has 69 heavy (non-hydrogen) atoms. The largest absolute Gasteiger partial charge is 0.392 e. The van der Waals surface area contributed by atoms with Gasteiger partial charge in [0.25, 0.3) is 0 Å². The van der Waals surface area contributed by atoms with E-state index in [0.717, 1.165) is 37.9 Å². The Morgan fingerprint density at radius 3 is 1.45 bits per heavy atom. The van der Waals surface area contributed by atoms with Crippen molar-refractivity contribution in [2.75, 3.05) is 164 Å². The van der Waals surface area contributed by atoms with Gasteiger partial charge in [-0.2, -0.15) is 11.8 Å². The van der Waals surface area contributed by atoms with Crippen molar-refractivity contribution in [3.63, 3.8) is 0 Å². The Hall–Kier alpha value is -2.77. The van der Waals surface area contributed by atoms with E-state index in [0.29, 0.717) is 183 Å². The monoisotopic (exact) mass is 1000 g/mol. The first-order chi connectivity index (χ1) is 33.9. The number of ketones is 1. The third-order valence-corrected chi connectivity index (χ3v) is 12.8. The molecule has 3 fully saturated rings. The number of aliphatic hydroxyl groups excluding tert-OH is 1. The number of allylic oxidation sites excluding steroid dienone is 2. The quantitative estimate of drug-likeness (QED) is 0.0333. The number of Topliss-reactive ketones (excluding diaryl/α,β-unsaturated/α-hetero) is 1. The number of thioether (sulfide) groups is 1. The van der Waals surface area contributed by atoms with Gasteiger partial charge in [-0.3, -0.25) is 14.4 Å². The van der Waals surface area contributed by atoms with Gasteiger partial charge in [0, 0.05) is 55.2 Å². The van der Waals surface area contributed by atoms with Crippen molar-refractivity contribution in [2.24, 2.45) is 11.8 Å². The number of urea groups is 1. The molecule has 0 aromatic rings. The number of unbranched alkanes of at least 4 members (excludes halogenated alkanes) is 2. The molecule has 0 bridgehead atoms. The van der Waals surface area contributed by atoms with E-state index in [-0.39, 0.29) is 54.0 Å². The second-order valence-electron chi connectivity index (χ2n) is 16.6. The Morgan fingerprint density at radius 2 is 1.01 bits per heavy atom. The highest BCUT2D eigenvalue weighted by atomic mass is 32.2. The van der Waals surface area contributed by atoms with E-state index in [1.54, 1.807) is 6.08 Å². The van der Waals surface area contributed by atoms with E-state index in [1.807, 2.05) is 23.9 Å². The first kappa shape index (κ1) is 60.5. The van der Waals surface area contributed by atoms with Gasteiger partial charge in [-0.25, -0.2) is 4.79 Å². The summed E-state index contributed by atoms with van der Waals surface area (Å²) >= 11 is 1.90. The lowest BCUT2D eigenvalue weighted by Gasteiger charge is -2.16. The molecule has 6 atom stereocenters. The topological polar surface area (TPSA) is 238 Å². The standard InChI is InChI=1S/C48H84N4O16S/c1-2-39-40(43(54)37-42(39)53)9-5-3-4-6-11-45(55)49-13-15-58-17-19-60-21-23-62-25-27-64-29-31-66-33-35-68-36-34-67-32-30-65-28-26-63-24-22-61-20-18-59-16-14-50-46(56)12-8-7-10-44-47-41(38-69-44)51-48(57)52-47/h2-3,5,39-42,44,47,53H,1,4,6-38H2,(H,49,55)(H,50,56)(H2,51,52,57)/b5-3-/t39-,40-,41?,42-,44?,47+/m1/s1. The second kappa shape index (κ2) is 41.8. The molecule has 4 amide bonds. The van der Waals surface area contributed by atoms with E-state index in [1.165, 1.54) is 0 Å². The summed E-state index contributed by atoms with van der Waals surface area (Å²) in [6, 6.07) is 0.388. The van der Waals surface area contributed by atoms with Gasteiger partial charge in [-0.05, 0) is 32.1 Å². The smallest absolute Gasteiger partial charge is 0.315 e. The van der Waals surface area contributed by atoms with Gasteiger partial charge in [-0.1, -0.05) is 24.6 Å². The lowest BCUT2D eigenvalue weighted by atomic mass is 9.91. The van der Waals surface area contributed by atoms with Crippen molar-refractivity contribution >= 4 is 35.4 Å². The van der Waals surface area contributed by atoms with Crippen molar-refractivity contribution in [3.8, 4) is 0 Å². The predicted octanol–water partition coefficient (Wildman–Crippen LogP) is 2.00. The highest BCUT2D eigenvalue weighted by Gasteiger charge is 2.42. The maximum absolute atomic E-state index is 12.1. The summed E-state index contributed by atoms with van der Waals surface area (Å²) in [7, 11) is 0. The van der Waals surface area contributed by atoms with Gasteiger partial charge in [0.15, 0.2) is 0 Å². The fourth-order valence-electron chi connectivity index (χ4n) is 7.60. The predicted molar refractivity (Wildman–Crippen MR) is 259 cm³/mol. The van der Waals surface area contributed by atoms with E-state index in [9.17, 15) is 24.3 Å². The third kappa shape index (κ3) is 30.7. The molecule has 20 nitrogen and oxygen atoms in total. The molecule has 0 aromatic heterocycles. The van der Waals surface area contributed by atoms with Crippen LogP contribution >= 0.6 is 11.8 Å². The van der Waals surface area contributed by atoms with Crippen LogP contribution in [0.2, 0.25) is 0 Å². The molecule has 2 saturated heterocycles. The summed E-state index contributed by atoms with van der Waals surface area (Å²) in [6.07, 6.45) is 11.0. The summed E-state index contributed by atoms with van der Waals surface area (Å²) < 4.78 is 60.6. The Labute approximate surface area is 414 Å². The lowest BCUT2D eigenvalue weighted by molar-refractivity contribution is -0.122.